The summed E-state index contributed by atoms with van der Waals surface area (Å²) in [6.45, 7) is 0.821. The fraction of sp³-hybridized carbons (Fsp3) is 0.364. The lowest BCUT2D eigenvalue weighted by Crippen LogP contribution is -2.24. The van der Waals surface area contributed by atoms with Crippen LogP contribution in [0.3, 0.4) is 0 Å². The highest BCUT2D eigenvalue weighted by Crippen LogP contribution is 2.25. The van der Waals surface area contributed by atoms with E-state index >= 15 is 0 Å². The summed E-state index contributed by atoms with van der Waals surface area (Å²) in [4.78, 5) is 20.0. The Morgan fingerprint density at radius 2 is 2.56 bits per heavy atom. The standard InChI is InChI=1S/C11H10N6O/c12-5-9-4-10(1-2-14-9)17-7-8(3-11(17)18)6-15-16-13/h1-2,4,8H,3,6-7H2. The van der Waals surface area contributed by atoms with Crippen LogP contribution >= 0.6 is 0 Å². The summed E-state index contributed by atoms with van der Waals surface area (Å²) in [5.41, 5.74) is 9.20. The Morgan fingerprint density at radius 1 is 1.72 bits per heavy atom. The molecule has 0 spiro atoms. The number of nitriles is 1. The first-order chi connectivity index (χ1) is 8.74. The molecule has 0 bridgehead atoms. The quantitative estimate of drug-likeness (QED) is 0.456. The number of pyridine rings is 1. The molecule has 1 aromatic rings. The Labute approximate surface area is 103 Å². The van der Waals surface area contributed by atoms with Crippen molar-refractivity contribution in [3.63, 3.8) is 0 Å². The van der Waals surface area contributed by atoms with Crippen molar-refractivity contribution in [2.45, 2.75) is 6.42 Å². The predicted molar refractivity (Wildman–Crippen MR) is 63.4 cm³/mol. The first-order valence-electron chi connectivity index (χ1n) is 5.42. The number of carbonyl (C=O) groups excluding carboxylic acids is 1. The van der Waals surface area contributed by atoms with Crippen molar-refractivity contribution in [3.8, 4) is 6.07 Å². The van der Waals surface area contributed by atoms with Crippen molar-refractivity contribution in [2.75, 3.05) is 18.0 Å². The summed E-state index contributed by atoms with van der Waals surface area (Å²) in [5, 5.41) is 12.3. The smallest absolute Gasteiger partial charge is 0.227 e. The predicted octanol–water partition coefficient (Wildman–Crippen LogP) is 1.62. The number of amides is 1. The van der Waals surface area contributed by atoms with Gasteiger partial charge in [0.15, 0.2) is 0 Å². The van der Waals surface area contributed by atoms with E-state index in [1.807, 2.05) is 6.07 Å². The molecule has 1 aliphatic heterocycles. The maximum Gasteiger partial charge on any atom is 0.227 e. The summed E-state index contributed by atoms with van der Waals surface area (Å²) in [5.74, 6) is 0.00957. The molecule has 1 fully saturated rings. The van der Waals surface area contributed by atoms with Crippen LogP contribution in [0.5, 0.6) is 0 Å². The highest BCUT2D eigenvalue weighted by atomic mass is 16.2. The van der Waals surface area contributed by atoms with Crippen molar-refractivity contribution in [1.29, 1.82) is 5.26 Å². The Kier molecular flexibility index (Phi) is 3.41. The molecule has 0 aliphatic carbocycles. The largest absolute Gasteiger partial charge is 0.312 e. The summed E-state index contributed by atoms with van der Waals surface area (Å²) in [6.07, 6.45) is 1.87. The molecule has 1 unspecified atom stereocenters. The molecule has 0 saturated carbocycles. The van der Waals surface area contributed by atoms with E-state index in [0.717, 1.165) is 0 Å². The number of nitrogens with zero attached hydrogens (tertiary/aromatic N) is 6. The zero-order valence-corrected chi connectivity index (χ0v) is 9.52. The first kappa shape index (κ1) is 11.9. The molecule has 2 rings (SSSR count). The van der Waals surface area contributed by atoms with Crippen LogP contribution in [0.15, 0.2) is 23.4 Å². The molecule has 1 atom stereocenters. The Bertz CT molecular complexity index is 557. The molecule has 7 nitrogen and oxygen atoms in total. The minimum Gasteiger partial charge on any atom is -0.312 e. The molecule has 1 aliphatic rings. The third-order valence-electron chi connectivity index (χ3n) is 2.78. The van der Waals surface area contributed by atoms with Crippen LogP contribution in [0.2, 0.25) is 0 Å². The number of rotatable bonds is 3. The molecule has 0 aromatic carbocycles. The molecule has 0 radical (unpaired) electrons. The monoisotopic (exact) mass is 242 g/mol. The van der Waals surface area contributed by atoms with Crippen molar-refractivity contribution < 1.29 is 4.79 Å². The van der Waals surface area contributed by atoms with Gasteiger partial charge in [-0.25, -0.2) is 4.98 Å². The number of hydrogen-bond acceptors (Lipinski definition) is 4. The molecule has 1 aromatic heterocycles. The van der Waals surface area contributed by atoms with Gasteiger partial charge in [-0.3, -0.25) is 4.79 Å². The van der Waals surface area contributed by atoms with Crippen LogP contribution in [-0.4, -0.2) is 24.0 Å². The van der Waals surface area contributed by atoms with Gasteiger partial charge in [-0.05, 0) is 23.6 Å². The van der Waals surface area contributed by atoms with E-state index in [1.54, 1.807) is 17.0 Å². The number of hydrogen-bond donors (Lipinski definition) is 0. The van der Waals surface area contributed by atoms with Crippen molar-refractivity contribution >= 4 is 11.6 Å². The zero-order chi connectivity index (χ0) is 13.0. The second-order valence-electron chi connectivity index (χ2n) is 4.00. The van der Waals surface area contributed by atoms with Gasteiger partial charge in [0.1, 0.15) is 11.8 Å². The van der Waals surface area contributed by atoms with Crippen LogP contribution in [-0.2, 0) is 4.79 Å². The average Bonchev–Trinajstić information content (AvgIpc) is 2.77. The fourth-order valence-corrected chi connectivity index (χ4v) is 1.95. The summed E-state index contributed by atoms with van der Waals surface area (Å²) >= 11 is 0. The number of anilines is 1. The molecule has 1 saturated heterocycles. The van der Waals surface area contributed by atoms with Crippen LogP contribution in [0.4, 0.5) is 5.69 Å². The third kappa shape index (κ3) is 2.39. The van der Waals surface area contributed by atoms with Crippen molar-refractivity contribution in [3.05, 3.63) is 34.5 Å². The van der Waals surface area contributed by atoms with E-state index in [9.17, 15) is 4.79 Å². The van der Waals surface area contributed by atoms with Gasteiger partial charge in [-0.1, -0.05) is 5.11 Å². The topological polar surface area (TPSA) is 106 Å². The van der Waals surface area contributed by atoms with Crippen LogP contribution in [0.1, 0.15) is 12.1 Å². The summed E-state index contributed by atoms with van der Waals surface area (Å²) < 4.78 is 0. The normalized spacial score (nSPS) is 18.3. The van der Waals surface area contributed by atoms with Gasteiger partial charge in [0.2, 0.25) is 5.91 Å². The average molecular weight is 242 g/mol. The van der Waals surface area contributed by atoms with E-state index < -0.39 is 0 Å². The van der Waals surface area contributed by atoms with E-state index in [-0.39, 0.29) is 17.5 Å². The maximum absolute atomic E-state index is 11.8. The fourth-order valence-electron chi connectivity index (χ4n) is 1.95. The summed E-state index contributed by atoms with van der Waals surface area (Å²) in [6, 6.07) is 5.20. The Balaban J connectivity index is 2.16. The Hall–Kier alpha value is -2.58. The van der Waals surface area contributed by atoms with Crippen LogP contribution in [0, 0.1) is 17.2 Å². The molecule has 2 heterocycles. The first-order valence-corrected chi connectivity index (χ1v) is 5.42. The molecule has 0 N–H and O–H groups in total. The van der Waals surface area contributed by atoms with Gasteiger partial charge < -0.3 is 4.90 Å². The Morgan fingerprint density at radius 3 is 3.28 bits per heavy atom. The second kappa shape index (κ2) is 5.17. The minimum atomic E-state index is -0.0248. The molecular weight excluding hydrogens is 232 g/mol. The minimum absolute atomic E-state index is 0.0248. The van der Waals surface area contributed by atoms with Gasteiger partial charge in [0.25, 0.3) is 0 Å². The number of aromatic nitrogens is 1. The molecule has 18 heavy (non-hydrogen) atoms. The number of carbonyl (C=O) groups is 1. The van der Waals surface area contributed by atoms with Gasteiger partial charge in [0, 0.05) is 36.3 Å². The van der Waals surface area contributed by atoms with Crippen LogP contribution < -0.4 is 4.90 Å². The number of azide groups is 1. The lowest BCUT2D eigenvalue weighted by atomic mass is 10.1. The van der Waals surface area contributed by atoms with E-state index in [1.165, 1.54) is 6.20 Å². The van der Waals surface area contributed by atoms with Gasteiger partial charge in [0.05, 0.1) is 0 Å². The molecule has 90 valence electrons. The van der Waals surface area contributed by atoms with Crippen molar-refractivity contribution in [2.24, 2.45) is 11.0 Å². The second-order valence-corrected chi connectivity index (χ2v) is 4.00. The van der Waals surface area contributed by atoms with Gasteiger partial charge in [-0.15, -0.1) is 0 Å². The van der Waals surface area contributed by atoms with E-state index in [2.05, 4.69) is 15.0 Å². The highest BCUT2D eigenvalue weighted by molar-refractivity contribution is 5.95. The molecular formula is C11H10N6O. The van der Waals surface area contributed by atoms with Crippen LogP contribution in [0.25, 0.3) is 10.4 Å². The zero-order valence-electron chi connectivity index (χ0n) is 9.52. The van der Waals surface area contributed by atoms with E-state index in [4.69, 9.17) is 10.8 Å². The molecule has 1 amide bonds. The maximum atomic E-state index is 11.8. The van der Waals surface area contributed by atoms with Crippen molar-refractivity contribution in [1.82, 2.24) is 4.98 Å². The SMILES string of the molecule is N#Cc1cc(N2CC(CN=[N+]=[N-])CC2=O)ccn1. The summed E-state index contributed by atoms with van der Waals surface area (Å²) in [7, 11) is 0. The molecule has 7 heteroatoms. The highest BCUT2D eigenvalue weighted by Gasteiger charge is 2.30. The van der Waals surface area contributed by atoms with E-state index in [0.29, 0.717) is 25.2 Å². The third-order valence-corrected chi connectivity index (χ3v) is 2.78. The van der Waals surface area contributed by atoms with Gasteiger partial charge >= 0.3 is 0 Å². The lowest BCUT2D eigenvalue weighted by molar-refractivity contribution is -0.117. The lowest BCUT2D eigenvalue weighted by Gasteiger charge is -2.16. The van der Waals surface area contributed by atoms with Gasteiger partial charge in [-0.2, -0.15) is 5.26 Å².